The second-order valence-electron chi connectivity index (χ2n) is 18.1. The monoisotopic (exact) mass is 924 g/mol. The Kier molecular flexibility index (Phi) is 49.2. The highest BCUT2D eigenvalue weighted by Crippen LogP contribution is 2.43. The molecular formula is C54H102NO8P. The highest BCUT2D eigenvalue weighted by molar-refractivity contribution is 7.47. The van der Waals surface area contributed by atoms with E-state index in [1.807, 2.05) is 0 Å². The van der Waals surface area contributed by atoms with Gasteiger partial charge in [0.2, 0.25) is 0 Å². The number of carbonyl (C=O) groups excluding carboxylic acids is 2. The number of rotatable bonds is 51. The van der Waals surface area contributed by atoms with Crippen LogP contribution >= 0.6 is 7.82 Å². The minimum absolute atomic E-state index is 0.0535. The molecule has 10 heteroatoms. The Morgan fingerprint density at radius 1 is 0.469 bits per heavy atom. The lowest BCUT2D eigenvalue weighted by Crippen LogP contribution is -2.29. The molecule has 0 saturated heterocycles. The van der Waals surface area contributed by atoms with Crippen molar-refractivity contribution in [1.29, 1.82) is 0 Å². The maximum Gasteiger partial charge on any atom is 0.472 e. The van der Waals surface area contributed by atoms with Gasteiger partial charge in [0.15, 0.2) is 6.10 Å². The summed E-state index contributed by atoms with van der Waals surface area (Å²) >= 11 is 0. The third-order valence-electron chi connectivity index (χ3n) is 11.7. The van der Waals surface area contributed by atoms with Gasteiger partial charge >= 0.3 is 19.8 Å². The molecule has 0 radical (unpaired) electrons. The first-order valence-corrected chi connectivity index (χ1v) is 28.5. The molecular weight excluding hydrogens is 822 g/mol. The number of hydrogen-bond donors (Lipinski definition) is 2. The normalized spacial score (nSPS) is 13.4. The van der Waals surface area contributed by atoms with Gasteiger partial charge in [0.1, 0.15) is 6.61 Å². The molecule has 0 fully saturated rings. The summed E-state index contributed by atoms with van der Waals surface area (Å²) in [4.78, 5) is 35.0. The molecule has 2 unspecified atom stereocenters. The van der Waals surface area contributed by atoms with Crippen LogP contribution in [0, 0.1) is 0 Å². The number of carbonyl (C=O) groups is 2. The van der Waals surface area contributed by atoms with Crippen LogP contribution in [0.3, 0.4) is 0 Å². The van der Waals surface area contributed by atoms with Crippen molar-refractivity contribution < 1.29 is 37.6 Å². The van der Waals surface area contributed by atoms with Crippen molar-refractivity contribution in [1.82, 2.24) is 0 Å². The van der Waals surface area contributed by atoms with Crippen LogP contribution in [0.4, 0.5) is 0 Å². The standard InChI is InChI=1S/C54H102NO8P/c1-3-5-7-9-11-13-15-17-18-19-20-21-22-23-24-25-26-27-28-29-30-31-32-33-34-35-37-39-41-43-45-47-54(57)63-52(51-62-64(58,59)61-49-48-55)50-60-53(56)46-44-42-40-38-36-16-14-12-10-8-6-4-2/h12,14-15,17,19-20,52H,3-11,13,16,18,21-51,55H2,1-2H3,(H,58,59)/b14-12-,17-15-,20-19-. The molecule has 0 heterocycles. The quantitative estimate of drug-likeness (QED) is 0.0265. The van der Waals surface area contributed by atoms with E-state index in [9.17, 15) is 19.0 Å². The molecule has 0 aromatic rings. The highest BCUT2D eigenvalue weighted by Gasteiger charge is 2.26. The number of phosphoric acid groups is 1. The van der Waals surface area contributed by atoms with Gasteiger partial charge in [-0.15, -0.1) is 0 Å². The predicted molar refractivity (Wildman–Crippen MR) is 270 cm³/mol. The molecule has 2 atom stereocenters. The summed E-state index contributed by atoms with van der Waals surface area (Å²) in [5.74, 6) is -0.829. The summed E-state index contributed by atoms with van der Waals surface area (Å²) in [7, 11) is -4.38. The SMILES string of the molecule is CCCCC/C=C\CCCCCCCC(=O)OCC(COP(=O)(O)OCCN)OC(=O)CCCCCCCCCCCCCCCCCCCCC/C=C\C/C=C\CCCCCCC. The van der Waals surface area contributed by atoms with E-state index in [1.165, 1.54) is 173 Å². The van der Waals surface area contributed by atoms with Crippen LogP contribution in [0.2, 0.25) is 0 Å². The molecule has 0 bridgehead atoms. The first-order chi connectivity index (χ1) is 31.3. The molecule has 3 N–H and O–H groups in total. The fourth-order valence-electron chi connectivity index (χ4n) is 7.72. The van der Waals surface area contributed by atoms with Gasteiger partial charge in [-0.25, -0.2) is 4.57 Å². The molecule has 0 aromatic heterocycles. The van der Waals surface area contributed by atoms with Gasteiger partial charge in [-0.3, -0.25) is 18.6 Å². The van der Waals surface area contributed by atoms with Gasteiger partial charge in [-0.1, -0.05) is 217 Å². The molecule has 0 aromatic carbocycles. The lowest BCUT2D eigenvalue weighted by atomic mass is 10.0. The van der Waals surface area contributed by atoms with Crippen molar-refractivity contribution in [3.8, 4) is 0 Å². The summed E-state index contributed by atoms with van der Waals surface area (Å²) in [5.41, 5.74) is 5.36. The van der Waals surface area contributed by atoms with Crippen LogP contribution in [-0.2, 0) is 32.7 Å². The zero-order chi connectivity index (χ0) is 46.7. The first kappa shape index (κ1) is 62.2. The molecule has 0 spiro atoms. The molecule has 0 rings (SSSR count). The largest absolute Gasteiger partial charge is 0.472 e. The minimum atomic E-state index is -4.38. The summed E-state index contributed by atoms with van der Waals surface area (Å²) < 4.78 is 32.9. The number of ether oxygens (including phenoxy) is 2. The third kappa shape index (κ3) is 49.7. The molecule has 0 saturated carbocycles. The molecule has 64 heavy (non-hydrogen) atoms. The Bertz CT molecular complexity index is 1140. The number of nitrogens with two attached hydrogens (primary N) is 1. The second-order valence-corrected chi connectivity index (χ2v) is 19.5. The van der Waals surface area contributed by atoms with Gasteiger partial charge < -0.3 is 20.1 Å². The molecule has 9 nitrogen and oxygen atoms in total. The summed E-state index contributed by atoms with van der Waals surface area (Å²) in [6.07, 6.45) is 59.2. The first-order valence-electron chi connectivity index (χ1n) is 27.0. The molecule has 376 valence electrons. The number of unbranched alkanes of at least 4 members (excludes halogenated alkanes) is 32. The van der Waals surface area contributed by atoms with Crippen molar-refractivity contribution in [2.45, 2.75) is 270 Å². The zero-order valence-corrected chi connectivity index (χ0v) is 42.7. The Morgan fingerprint density at radius 3 is 1.23 bits per heavy atom. The van der Waals surface area contributed by atoms with Crippen LogP contribution in [0.25, 0.3) is 0 Å². The van der Waals surface area contributed by atoms with E-state index in [4.69, 9.17) is 24.3 Å². The van der Waals surface area contributed by atoms with Crippen LogP contribution in [0.15, 0.2) is 36.5 Å². The van der Waals surface area contributed by atoms with E-state index in [0.717, 1.165) is 57.8 Å². The number of esters is 2. The smallest absolute Gasteiger partial charge is 0.462 e. The van der Waals surface area contributed by atoms with E-state index in [-0.39, 0.29) is 38.6 Å². The highest BCUT2D eigenvalue weighted by atomic mass is 31.2. The Morgan fingerprint density at radius 2 is 0.812 bits per heavy atom. The third-order valence-corrected chi connectivity index (χ3v) is 12.7. The van der Waals surface area contributed by atoms with Crippen molar-refractivity contribution in [3.05, 3.63) is 36.5 Å². The summed E-state index contributed by atoms with van der Waals surface area (Å²) in [5, 5.41) is 0. The molecule has 0 aliphatic rings. The number of hydrogen-bond acceptors (Lipinski definition) is 8. The van der Waals surface area contributed by atoms with Gasteiger partial charge in [0.05, 0.1) is 13.2 Å². The topological polar surface area (TPSA) is 134 Å². The van der Waals surface area contributed by atoms with Gasteiger partial charge in [-0.2, -0.15) is 0 Å². The van der Waals surface area contributed by atoms with Gasteiger partial charge in [0.25, 0.3) is 0 Å². The second kappa shape index (κ2) is 50.6. The fraction of sp³-hybridized carbons (Fsp3) is 0.852. The maximum atomic E-state index is 12.6. The summed E-state index contributed by atoms with van der Waals surface area (Å²) in [6.45, 7) is 3.72. The Hall–Kier alpha value is -1.77. The Balaban J connectivity index is 3.86. The predicted octanol–water partition coefficient (Wildman–Crippen LogP) is 16.5. The van der Waals surface area contributed by atoms with Crippen molar-refractivity contribution in [2.24, 2.45) is 5.73 Å². The summed E-state index contributed by atoms with van der Waals surface area (Å²) in [6, 6.07) is 0. The molecule has 0 amide bonds. The maximum absolute atomic E-state index is 12.6. The van der Waals surface area contributed by atoms with E-state index >= 15 is 0 Å². The molecule has 0 aliphatic carbocycles. The van der Waals surface area contributed by atoms with Gasteiger partial charge in [-0.05, 0) is 70.6 Å². The average molecular weight is 924 g/mol. The van der Waals surface area contributed by atoms with Crippen molar-refractivity contribution in [2.75, 3.05) is 26.4 Å². The van der Waals surface area contributed by atoms with Crippen LogP contribution < -0.4 is 5.73 Å². The fourth-order valence-corrected chi connectivity index (χ4v) is 8.49. The molecule has 0 aliphatic heterocycles. The van der Waals surface area contributed by atoms with E-state index in [1.54, 1.807) is 0 Å². The van der Waals surface area contributed by atoms with Crippen LogP contribution in [-0.4, -0.2) is 49.3 Å². The van der Waals surface area contributed by atoms with E-state index in [0.29, 0.717) is 6.42 Å². The minimum Gasteiger partial charge on any atom is -0.462 e. The van der Waals surface area contributed by atoms with Gasteiger partial charge in [0, 0.05) is 19.4 Å². The zero-order valence-electron chi connectivity index (χ0n) is 41.8. The van der Waals surface area contributed by atoms with Crippen LogP contribution in [0.1, 0.15) is 264 Å². The average Bonchev–Trinajstić information content (AvgIpc) is 3.28. The number of allylic oxidation sites excluding steroid dienone is 6. The van der Waals surface area contributed by atoms with Crippen molar-refractivity contribution >= 4 is 19.8 Å². The lowest BCUT2D eigenvalue weighted by Gasteiger charge is -2.19. The van der Waals surface area contributed by atoms with Crippen LogP contribution in [0.5, 0.6) is 0 Å². The van der Waals surface area contributed by atoms with E-state index in [2.05, 4.69) is 50.3 Å². The Labute approximate surface area is 394 Å². The van der Waals surface area contributed by atoms with E-state index < -0.39 is 26.5 Å². The number of phosphoric ester groups is 1. The van der Waals surface area contributed by atoms with Crippen molar-refractivity contribution in [3.63, 3.8) is 0 Å². The lowest BCUT2D eigenvalue weighted by molar-refractivity contribution is -0.161.